The van der Waals surface area contributed by atoms with Crippen molar-refractivity contribution in [1.29, 1.82) is 0 Å². The zero-order valence-electron chi connectivity index (χ0n) is 9.88. The van der Waals surface area contributed by atoms with Crippen molar-refractivity contribution in [2.75, 3.05) is 18.0 Å². The molecule has 1 aliphatic heterocycles. The first kappa shape index (κ1) is 10.5. The Balaban J connectivity index is 2.45. The summed E-state index contributed by atoms with van der Waals surface area (Å²) in [6.45, 7) is 9.91. The average Bonchev–Trinajstić information content (AvgIpc) is 2.40. The molecule has 0 fully saturated rings. The van der Waals surface area contributed by atoms with E-state index in [2.05, 4.69) is 49.2 Å². The van der Waals surface area contributed by atoms with Crippen LogP contribution in [-0.4, -0.2) is 19.1 Å². The zero-order chi connectivity index (χ0) is 10.8. The Morgan fingerprint density at radius 1 is 1.33 bits per heavy atom. The van der Waals surface area contributed by atoms with E-state index in [1.165, 1.54) is 16.8 Å². The fourth-order valence-electron chi connectivity index (χ4n) is 2.26. The van der Waals surface area contributed by atoms with Gasteiger partial charge in [-0.3, -0.25) is 0 Å². The molecular formula is C13H20N2. The highest BCUT2D eigenvalue weighted by Crippen LogP contribution is 2.26. The van der Waals surface area contributed by atoms with Gasteiger partial charge in [-0.2, -0.15) is 0 Å². The predicted octanol–water partition coefficient (Wildman–Crippen LogP) is 2.31. The van der Waals surface area contributed by atoms with Crippen LogP contribution in [0.3, 0.4) is 0 Å². The second-order valence-electron chi connectivity index (χ2n) is 4.54. The normalized spacial score (nSPS) is 16.4. The number of hydrogen-bond acceptors (Lipinski definition) is 2. The number of nitrogens with one attached hydrogen (secondary N) is 1. The summed E-state index contributed by atoms with van der Waals surface area (Å²) in [5.74, 6) is 0. The van der Waals surface area contributed by atoms with Crippen molar-refractivity contribution in [2.45, 2.75) is 33.4 Å². The lowest BCUT2D eigenvalue weighted by molar-refractivity contribution is 0.646. The molecule has 2 heteroatoms. The molecule has 0 radical (unpaired) electrons. The fourth-order valence-corrected chi connectivity index (χ4v) is 2.26. The van der Waals surface area contributed by atoms with Crippen molar-refractivity contribution >= 4 is 5.69 Å². The lowest BCUT2D eigenvalue weighted by atomic mass is 10.1. The summed E-state index contributed by atoms with van der Waals surface area (Å²) in [7, 11) is 0. The van der Waals surface area contributed by atoms with Crippen molar-refractivity contribution in [3.63, 3.8) is 0 Å². The average molecular weight is 204 g/mol. The molecule has 0 unspecified atom stereocenters. The maximum Gasteiger partial charge on any atom is 0.0417 e. The molecule has 0 saturated carbocycles. The first-order chi connectivity index (χ1) is 7.20. The molecular weight excluding hydrogens is 184 g/mol. The Hall–Kier alpha value is -1.02. The van der Waals surface area contributed by atoms with Gasteiger partial charge < -0.3 is 10.2 Å². The minimum atomic E-state index is 0.574. The highest BCUT2D eigenvalue weighted by atomic mass is 15.2. The van der Waals surface area contributed by atoms with Crippen LogP contribution in [0, 0.1) is 6.92 Å². The Labute approximate surface area is 92.3 Å². The van der Waals surface area contributed by atoms with Gasteiger partial charge in [-0.05, 0) is 38.0 Å². The third-order valence-electron chi connectivity index (χ3n) is 3.15. The molecule has 0 atom stereocenters. The minimum Gasteiger partial charge on any atom is -0.368 e. The van der Waals surface area contributed by atoms with Gasteiger partial charge in [0.05, 0.1) is 0 Å². The van der Waals surface area contributed by atoms with Gasteiger partial charge in [0.15, 0.2) is 0 Å². The van der Waals surface area contributed by atoms with Gasteiger partial charge in [0.2, 0.25) is 0 Å². The molecule has 2 nitrogen and oxygen atoms in total. The molecule has 82 valence electrons. The highest BCUT2D eigenvalue weighted by molar-refractivity contribution is 5.57. The van der Waals surface area contributed by atoms with Gasteiger partial charge >= 0.3 is 0 Å². The lowest BCUT2D eigenvalue weighted by Crippen LogP contribution is -2.34. The van der Waals surface area contributed by atoms with E-state index in [0.29, 0.717) is 6.04 Å². The molecule has 1 aromatic rings. The Kier molecular flexibility index (Phi) is 2.96. The van der Waals surface area contributed by atoms with E-state index < -0.39 is 0 Å². The molecule has 0 bridgehead atoms. The van der Waals surface area contributed by atoms with Crippen LogP contribution >= 0.6 is 0 Å². The summed E-state index contributed by atoms with van der Waals surface area (Å²) in [6, 6.07) is 7.18. The van der Waals surface area contributed by atoms with E-state index in [1.807, 2.05) is 0 Å². The van der Waals surface area contributed by atoms with Crippen molar-refractivity contribution in [2.24, 2.45) is 0 Å². The highest BCUT2D eigenvalue weighted by Gasteiger charge is 2.17. The van der Waals surface area contributed by atoms with Gasteiger partial charge in [-0.1, -0.05) is 12.1 Å². The fraction of sp³-hybridized carbons (Fsp3) is 0.538. The van der Waals surface area contributed by atoms with E-state index in [0.717, 1.165) is 19.6 Å². The van der Waals surface area contributed by atoms with Crippen molar-refractivity contribution < 1.29 is 0 Å². The summed E-state index contributed by atoms with van der Waals surface area (Å²) in [5, 5.41) is 3.49. The van der Waals surface area contributed by atoms with Crippen molar-refractivity contribution in [1.82, 2.24) is 5.32 Å². The first-order valence-corrected chi connectivity index (χ1v) is 5.76. The SMILES string of the molecule is Cc1cccc2c1CNCCN2C(C)C. The second kappa shape index (κ2) is 4.23. The molecule has 0 saturated heterocycles. The van der Waals surface area contributed by atoms with E-state index in [1.54, 1.807) is 0 Å². The maximum atomic E-state index is 3.49. The molecule has 15 heavy (non-hydrogen) atoms. The van der Waals surface area contributed by atoms with E-state index >= 15 is 0 Å². The number of fused-ring (bicyclic) bond motifs is 1. The number of aryl methyl sites for hydroxylation is 1. The van der Waals surface area contributed by atoms with E-state index in [4.69, 9.17) is 0 Å². The largest absolute Gasteiger partial charge is 0.368 e. The molecule has 0 amide bonds. The molecule has 0 aromatic heterocycles. The van der Waals surface area contributed by atoms with Crippen LogP contribution in [0.1, 0.15) is 25.0 Å². The quantitative estimate of drug-likeness (QED) is 0.755. The van der Waals surface area contributed by atoms with Crippen LogP contribution in [0.5, 0.6) is 0 Å². The number of nitrogens with zero attached hydrogens (tertiary/aromatic N) is 1. The van der Waals surface area contributed by atoms with E-state index in [-0.39, 0.29) is 0 Å². The van der Waals surface area contributed by atoms with Gasteiger partial charge in [0.25, 0.3) is 0 Å². The lowest BCUT2D eigenvalue weighted by Gasteiger charge is -2.29. The Morgan fingerprint density at radius 3 is 2.87 bits per heavy atom. The summed E-state index contributed by atoms with van der Waals surface area (Å²) >= 11 is 0. The van der Waals surface area contributed by atoms with Crippen LogP contribution in [0.25, 0.3) is 0 Å². The third kappa shape index (κ3) is 2.00. The first-order valence-electron chi connectivity index (χ1n) is 5.76. The predicted molar refractivity (Wildman–Crippen MR) is 65.4 cm³/mol. The van der Waals surface area contributed by atoms with Crippen LogP contribution in [-0.2, 0) is 6.54 Å². The summed E-state index contributed by atoms with van der Waals surface area (Å²) in [4.78, 5) is 2.49. The number of hydrogen-bond donors (Lipinski definition) is 1. The smallest absolute Gasteiger partial charge is 0.0417 e. The molecule has 1 N–H and O–H groups in total. The van der Waals surface area contributed by atoms with Crippen LogP contribution in [0.4, 0.5) is 5.69 Å². The van der Waals surface area contributed by atoms with Gasteiger partial charge in [0.1, 0.15) is 0 Å². The maximum absolute atomic E-state index is 3.49. The standard InChI is InChI=1S/C13H20N2/c1-10(2)15-8-7-14-9-12-11(3)5-4-6-13(12)15/h4-6,10,14H,7-9H2,1-3H3. The minimum absolute atomic E-state index is 0.574. The van der Waals surface area contributed by atoms with Crippen molar-refractivity contribution in [3.8, 4) is 0 Å². The molecule has 0 spiro atoms. The van der Waals surface area contributed by atoms with Crippen LogP contribution < -0.4 is 10.2 Å². The molecule has 0 aliphatic carbocycles. The molecule has 2 rings (SSSR count). The zero-order valence-corrected chi connectivity index (χ0v) is 9.88. The summed E-state index contributed by atoms with van der Waals surface area (Å²) < 4.78 is 0. The second-order valence-corrected chi connectivity index (χ2v) is 4.54. The van der Waals surface area contributed by atoms with E-state index in [9.17, 15) is 0 Å². The topological polar surface area (TPSA) is 15.3 Å². The molecule has 1 aliphatic rings. The van der Waals surface area contributed by atoms with Gasteiger partial charge in [-0.15, -0.1) is 0 Å². The molecule has 1 aromatic carbocycles. The number of rotatable bonds is 1. The summed E-state index contributed by atoms with van der Waals surface area (Å²) in [5.41, 5.74) is 4.27. The Bertz CT molecular complexity index is 344. The Morgan fingerprint density at radius 2 is 2.13 bits per heavy atom. The monoisotopic (exact) mass is 204 g/mol. The van der Waals surface area contributed by atoms with Crippen molar-refractivity contribution in [3.05, 3.63) is 29.3 Å². The van der Waals surface area contributed by atoms with Crippen LogP contribution in [0.2, 0.25) is 0 Å². The van der Waals surface area contributed by atoms with Crippen LogP contribution in [0.15, 0.2) is 18.2 Å². The number of benzene rings is 1. The number of anilines is 1. The third-order valence-corrected chi connectivity index (χ3v) is 3.15. The summed E-state index contributed by atoms with van der Waals surface area (Å²) in [6.07, 6.45) is 0. The van der Waals surface area contributed by atoms with Gasteiger partial charge in [0, 0.05) is 31.4 Å². The van der Waals surface area contributed by atoms with Gasteiger partial charge in [-0.25, -0.2) is 0 Å². The molecule has 1 heterocycles.